The highest BCUT2D eigenvalue weighted by molar-refractivity contribution is 6.36. The van der Waals surface area contributed by atoms with E-state index >= 15 is 0 Å². The molecule has 3 aromatic rings. The molecule has 0 aliphatic heterocycles. The van der Waals surface area contributed by atoms with Crippen molar-refractivity contribution in [3.63, 3.8) is 0 Å². The second kappa shape index (κ2) is 6.04. The molecule has 0 saturated heterocycles. The van der Waals surface area contributed by atoms with E-state index in [4.69, 9.17) is 11.6 Å². The van der Waals surface area contributed by atoms with Gasteiger partial charge in [0.2, 0.25) is 0 Å². The van der Waals surface area contributed by atoms with Gasteiger partial charge < -0.3 is 0 Å². The number of aryl methyl sites for hydroxylation is 3. The summed E-state index contributed by atoms with van der Waals surface area (Å²) in [5.41, 5.74) is 10.9. The molecule has 2 aliphatic rings. The zero-order chi connectivity index (χ0) is 16.8. The summed E-state index contributed by atoms with van der Waals surface area (Å²) in [6.07, 6.45) is 7.33. The van der Waals surface area contributed by atoms with Crippen LogP contribution in [0.1, 0.15) is 35.1 Å². The van der Waals surface area contributed by atoms with Crippen LogP contribution in [0.25, 0.3) is 22.3 Å². The van der Waals surface area contributed by atoms with E-state index in [9.17, 15) is 0 Å². The van der Waals surface area contributed by atoms with Crippen molar-refractivity contribution >= 4 is 11.6 Å². The van der Waals surface area contributed by atoms with Gasteiger partial charge in [-0.2, -0.15) is 0 Å². The zero-order valence-electron chi connectivity index (χ0n) is 14.3. The molecule has 3 aromatic carbocycles. The molecule has 0 bridgehead atoms. The Bertz CT molecular complexity index is 968. The average Bonchev–Trinajstić information content (AvgIpc) is 3.30. The van der Waals surface area contributed by atoms with Crippen LogP contribution in [0.2, 0.25) is 5.02 Å². The molecule has 0 fully saturated rings. The topological polar surface area (TPSA) is 0 Å². The van der Waals surface area contributed by atoms with Crippen molar-refractivity contribution in [1.29, 1.82) is 0 Å². The van der Waals surface area contributed by atoms with E-state index in [2.05, 4.69) is 54.6 Å². The molecule has 1 heteroatoms. The molecule has 0 saturated carbocycles. The zero-order valence-corrected chi connectivity index (χ0v) is 15.1. The van der Waals surface area contributed by atoms with Crippen molar-refractivity contribution in [3.8, 4) is 22.3 Å². The van der Waals surface area contributed by atoms with Crippen LogP contribution in [-0.2, 0) is 25.7 Å². The summed E-state index contributed by atoms with van der Waals surface area (Å²) in [5.74, 6) is 0. The van der Waals surface area contributed by atoms with Crippen molar-refractivity contribution in [2.45, 2.75) is 38.5 Å². The summed E-state index contributed by atoms with van der Waals surface area (Å²) >= 11 is 6.93. The first-order valence-corrected chi connectivity index (χ1v) is 9.71. The van der Waals surface area contributed by atoms with E-state index < -0.39 is 0 Å². The van der Waals surface area contributed by atoms with Gasteiger partial charge in [0.15, 0.2) is 0 Å². The Morgan fingerprint density at radius 1 is 0.600 bits per heavy atom. The standard InChI is InChI=1S/C24H21Cl/c25-24-21(19-14-13-16-5-1-8-18(16)15-19)10-4-12-23(24)22-11-3-7-17-6-2-9-20(17)22/h3-4,7,10-15H,1-2,5-6,8-9H2. The fraction of sp³-hybridized carbons (Fsp3) is 0.250. The van der Waals surface area contributed by atoms with Crippen molar-refractivity contribution < 1.29 is 0 Å². The summed E-state index contributed by atoms with van der Waals surface area (Å²) in [6, 6.07) is 20.0. The van der Waals surface area contributed by atoms with Crippen molar-refractivity contribution in [3.05, 3.63) is 81.9 Å². The number of rotatable bonds is 2. The Hall–Kier alpha value is -2.05. The Morgan fingerprint density at radius 3 is 2.28 bits per heavy atom. The van der Waals surface area contributed by atoms with Crippen LogP contribution in [-0.4, -0.2) is 0 Å². The molecule has 5 rings (SSSR count). The van der Waals surface area contributed by atoms with Crippen molar-refractivity contribution in [1.82, 2.24) is 0 Å². The molecule has 0 aromatic heterocycles. The maximum absolute atomic E-state index is 6.93. The number of hydrogen-bond acceptors (Lipinski definition) is 0. The quantitative estimate of drug-likeness (QED) is 0.488. The maximum Gasteiger partial charge on any atom is 0.0562 e. The predicted molar refractivity (Wildman–Crippen MR) is 106 cm³/mol. The van der Waals surface area contributed by atoms with Gasteiger partial charge in [-0.05, 0) is 71.9 Å². The van der Waals surface area contributed by atoms with Crippen LogP contribution in [0.4, 0.5) is 0 Å². The van der Waals surface area contributed by atoms with Gasteiger partial charge in [-0.3, -0.25) is 0 Å². The summed E-state index contributed by atoms with van der Waals surface area (Å²) in [6.45, 7) is 0. The van der Waals surface area contributed by atoms with Crippen LogP contribution in [0.3, 0.4) is 0 Å². The number of hydrogen-bond donors (Lipinski definition) is 0. The van der Waals surface area contributed by atoms with Gasteiger partial charge in [-0.1, -0.05) is 66.2 Å². The number of fused-ring (bicyclic) bond motifs is 2. The highest BCUT2D eigenvalue weighted by Crippen LogP contribution is 2.41. The first kappa shape index (κ1) is 15.2. The molecule has 25 heavy (non-hydrogen) atoms. The minimum Gasteiger partial charge on any atom is -0.0830 e. The second-order valence-electron chi connectivity index (χ2n) is 7.30. The molecular formula is C24H21Cl. The van der Waals surface area contributed by atoms with Crippen molar-refractivity contribution in [2.24, 2.45) is 0 Å². The normalized spacial score (nSPS) is 15.2. The highest BCUT2D eigenvalue weighted by Gasteiger charge is 2.19. The molecule has 124 valence electrons. The van der Waals surface area contributed by atoms with Gasteiger partial charge in [-0.15, -0.1) is 0 Å². The molecule has 0 heterocycles. The Morgan fingerprint density at radius 2 is 1.32 bits per heavy atom. The first-order valence-electron chi connectivity index (χ1n) is 9.33. The third-order valence-corrected chi connectivity index (χ3v) is 6.25. The molecular weight excluding hydrogens is 324 g/mol. The molecule has 2 aliphatic carbocycles. The monoisotopic (exact) mass is 344 g/mol. The van der Waals surface area contributed by atoms with Crippen LogP contribution < -0.4 is 0 Å². The lowest BCUT2D eigenvalue weighted by atomic mass is 9.93. The van der Waals surface area contributed by atoms with Crippen LogP contribution >= 0.6 is 11.6 Å². The van der Waals surface area contributed by atoms with Gasteiger partial charge in [0.1, 0.15) is 0 Å². The van der Waals surface area contributed by atoms with Crippen LogP contribution in [0.15, 0.2) is 54.6 Å². The minimum atomic E-state index is 0.890. The van der Waals surface area contributed by atoms with E-state index in [0.717, 1.165) is 10.6 Å². The number of halogens is 1. The lowest BCUT2D eigenvalue weighted by Gasteiger charge is -2.14. The fourth-order valence-electron chi connectivity index (χ4n) is 4.57. The van der Waals surface area contributed by atoms with Gasteiger partial charge in [-0.25, -0.2) is 0 Å². The lowest BCUT2D eigenvalue weighted by molar-refractivity contribution is 0.912. The first-order chi connectivity index (χ1) is 12.3. The third-order valence-electron chi connectivity index (χ3n) is 5.84. The molecule has 0 radical (unpaired) electrons. The molecule has 0 atom stereocenters. The van der Waals surface area contributed by atoms with Crippen LogP contribution in [0.5, 0.6) is 0 Å². The van der Waals surface area contributed by atoms with E-state index in [0.29, 0.717) is 0 Å². The third kappa shape index (κ3) is 2.51. The Kier molecular flexibility index (Phi) is 3.68. The van der Waals surface area contributed by atoms with Gasteiger partial charge in [0.25, 0.3) is 0 Å². The smallest absolute Gasteiger partial charge is 0.0562 e. The molecule has 0 unspecified atom stereocenters. The number of benzene rings is 3. The molecule has 0 nitrogen and oxygen atoms in total. The summed E-state index contributed by atoms with van der Waals surface area (Å²) in [5, 5.41) is 0.890. The van der Waals surface area contributed by atoms with Gasteiger partial charge in [0.05, 0.1) is 5.02 Å². The van der Waals surface area contributed by atoms with E-state index in [1.807, 2.05) is 0 Å². The van der Waals surface area contributed by atoms with E-state index in [1.165, 1.54) is 77.5 Å². The Labute approximate surface area is 154 Å². The van der Waals surface area contributed by atoms with Crippen molar-refractivity contribution in [2.75, 3.05) is 0 Å². The molecule has 0 spiro atoms. The van der Waals surface area contributed by atoms with Gasteiger partial charge in [0, 0.05) is 11.1 Å². The second-order valence-corrected chi connectivity index (χ2v) is 7.68. The van der Waals surface area contributed by atoms with E-state index in [1.54, 1.807) is 0 Å². The van der Waals surface area contributed by atoms with Crippen LogP contribution in [0, 0.1) is 0 Å². The predicted octanol–water partition coefficient (Wildman–Crippen LogP) is 6.65. The summed E-state index contributed by atoms with van der Waals surface area (Å²) < 4.78 is 0. The highest BCUT2D eigenvalue weighted by atomic mass is 35.5. The maximum atomic E-state index is 6.93. The SMILES string of the molecule is Clc1c(-c2ccc3c(c2)CCC3)cccc1-c1cccc2c1CCC2. The fourth-order valence-corrected chi connectivity index (χ4v) is 4.91. The largest absolute Gasteiger partial charge is 0.0830 e. The summed E-state index contributed by atoms with van der Waals surface area (Å²) in [4.78, 5) is 0. The molecule has 0 N–H and O–H groups in total. The Balaban J connectivity index is 1.65. The molecule has 0 amide bonds. The average molecular weight is 345 g/mol. The van der Waals surface area contributed by atoms with Gasteiger partial charge >= 0.3 is 0 Å². The van der Waals surface area contributed by atoms with E-state index in [-0.39, 0.29) is 0 Å². The lowest BCUT2D eigenvalue weighted by Crippen LogP contribution is -1.91. The summed E-state index contributed by atoms with van der Waals surface area (Å²) in [7, 11) is 0. The minimum absolute atomic E-state index is 0.890.